The van der Waals surface area contributed by atoms with Gasteiger partial charge in [0.2, 0.25) is 10.0 Å². The van der Waals surface area contributed by atoms with Gasteiger partial charge in [0.05, 0.1) is 5.75 Å². The summed E-state index contributed by atoms with van der Waals surface area (Å²) in [5.74, 6) is -0.183. The van der Waals surface area contributed by atoms with Crippen molar-refractivity contribution in [3.8, 4) is 0 Å². The van der Waals surface area contributed by atoms with Gasteiger partial charge in [0.25, 0.3) is 0 Å². The first-order valence-corrected chi connectivity index (χ1v) is 7.72. The Morgan fingerprint density at radius 1 is 1.29 bits per heavy atom. The van der Waals surface area contributed by atoms with Gasteiger partial charge in [0.15, 0.2) is 0 Å². The first kappa shape index (κ1) is 14.4. The van der Waals surface area contributed by atoms with Crippen molar-refractivity contribution in [1.82, 2.24) is 4.31 Å². The number of carbonyl (C=O) groups is 1. The first-order chi connectivity index (χ1) is 7.92. The lowest BCUT2D eigenvalue weighted by molar-refractivity contribution is -0.137. The molecule has 1 aliphatic rings. The number of piperidine rings is 1. The fourth-order valence-electron chi connectivity index (χ4n) is 1.95. The molecule has 0 atom stereocenters. The molecule has 0 unspecified atom stereocenters. The molecule has 6 heteroatoms. The van der Waals surface area contributed by atoms with E-state index in [1.807, 2.05) is 0 Å². The molecule has 0 bridgehead atoms. The van der Waals surface area contributed by atoms with E-state index >= 15 is 0 Å². The van der Waals surface area contributed by atoms with E-state index in [9.17, 15) is 13.2 Å². The van der Waals surface area contributed by atoms with E-state index in [4.69, 9.17) is 5.11 Å². The van der Waals surface area contributed by atoms with Crippen LogP contribution in [0.4, 0.5) is 0 Å². The van der Waals surface area contributed by atoms with Gasteiger partial charge in [-0.3, -0.25) is 4.79 Å². The second-order valence-corrected chi connectivity index (χ2v) is 6.84. The number of carboxylic acid groups (broad SMARTS) is 1. The van der Waals surface area contributed by atoms with Crippen LogP contribution in [0.5, 0.6) is 0 Å². The van der Waals surface area contributed by atoms with E-state index < -0.39 is 16.0 Å². The van der Waals surface area contributed by atoms with Gasteiger partial charge in [-0.05, 0) is 31.6 Å². The molecule has 5 nitrogen and oxygen atoms in total. The number of hydrogen-bond acceptors (Lipinski definition) is 3. The third-order valence-corrected chi connectivity index (χ3v) is 5.14. The van der Waals surface area contributed by atoms with Crippen LogP contribution in [0.2, 0.25) is 0 Å². The van der Waals surface area contributed by atoms with Gasteiger partial charge >= 0.3 is 5.97 Å². The zero-order valence-corrected chi connectivity index (χ0v) is 11.1. The minimum Gasteiger partial charge on any atom is -0.481 e. The third kappa shape index (κ3) is 5.04. The molecule has 0 radical (unpaired) electrons. The molecule has 1 aliphatic heterocycles. The van der Waals surface area contributed by atoms with Crippen molar-refractivity contribution < 1.29 is 18.3 Å². The predicted octanol–water partition coefficient (Wildman–Crippen LogP) is 1.30. The molecule has 1 rings (SSSR count). The van der Waals surface area contributed by atoms with Crippen molar-refractivity contribution >= 4 is 16.0 Å². The maximum atomic E-state index is 11.9. The summed E-state index contributed by atoms with van der Waals surface area (Å²) >= 11 is 0. The van der Waals surface area contributed by atoms with Crippen molar-refractivity contribution in [2.45, 2.75) is 39.0 Å². The van der Waals surface area contributed by atoms with E-state index in [-0.39, 0.29) is 12.2 Å². The van der Waals surface area contributed by atoms with Crippen molar-refractivity contribution in [1.29, 1.82) is 0 Å². The summed E-state index contributed by atoms with van der Waals surface area (Å²) < 4.78 is 25.4. The summed E-state index contributed by atoms with van der Waals surface area (Å²) in [4.78, 5) is 10.3. The molecular formula is C11H21NO4S. The van der Waals surface area contributed by atoms with Crippen LogP contribution in [0.15, 0.2) is 0 Å². The van der Waals surface area contributed by atoms with Gasteiger partial charge in [-0.1, -0.05) is 6.92 Å². The number of hydrogen-bond donors (Lipinski definition) is 1. The number of nitrogens with zero attached hydrogens (tertiary/aromatic N) is 1. The molecule has 0 amide bonds. The molecule has 1 saturated heterocycles. The molecule has 1 heterocycles. The summed E-state index contributed by atoms with van der Waals surface area (Å²) in [5.41, 5.74) is 0. The Balaban J connectivity index is 2.33. The van der Waals surface area contributed by atoms with E-state index in [1.165, 1.54) is 0 Å². The van der Waals surface area contributed by atoms with Crippen molar-refractivity contribution in [2.75, 3.05) is 18.8 Å². The Morgan fingerprint density at radius 3 is 2.41 bits per heavy atom. The van der Waals surface area contributed by atoms with Crippen LogP contribution >= 0.6 is 0 Å². The highest BCUT2D eigenvalue weighted by Gasteiger charge is 2.25. The topological polar surface area (TPSA) is 74.7 Å². The number of carboxylic acids is 1. The molecular weight excluding hydrogens is 242 g/mol. The van der Waals surface area contributed by atoms with Gasteiger partial charge in [-0.25, -0.2) is 12.7 Å². The molecule has 100 valence electrons. The van der Waals surface area contributed by atoms with Crippen LogP contribution in [0.1, 0.15) is 39.0 Å². The lowest BCUT2D eigenvalue weighted by atomic mass is 10.0. The van der Waals surface area contributed by atoms with Gasteiger partial charge in [-0.2, -0.15) is 0 Å². The fraction of sp³-hybridized carbons (Fsp3) is 0.909. The highest BCUT2D eigenvalue weighted by atomic mass is 32.2. The number of aliphatic carboxylic acids is 1. The van der Waals surface area contributed by atoms with E-state index in [1.54, 1.807) is 4.31 Å². The lowest BCUT2D eigenvalue weighted by Crippen LogP contribution is -2.39. The van der Waals surface area contributed by atoms with E-state index in [2.05, 4.69) is 6.92 Å². The van der Waals surface area contributed by atoms with Crippen LogP contribution in [0, 0.1) is 5.92 Å². The zero-order chi connectivity index (χ0) is 12.9. The quantitative estimate of drug-likeness (QED) is 0.733. The molecule has 1 N–H and O–H groups in total. The Morgan fingerprint density at radius 2 is 1.88 bits per heavy atom. The lowest BCUT2D eigenvalue weighted by Gasteiger charge is -2.29. The molecule has 0 aromatic rings. The second-order valence-electron chi connectivity index (χ2n) is 4.75. The van der Waals surface area contributed by atoms with Gasteiger partial charge in [-0.15, -0.1) is 0 Å². The zero-order valence-electron chi connectivity index (χ0n) is 10.3. The Labute approximate surface area is 103 Å². The van der Waals surface area contributed by atoms with Crippen LogP contribution in [0.3, 0.4) is 0 Å². The highest BCUT2D eigenvalue weighted by molar-refractivity contribution is 7.89. The standard InChI is InChI=1S/C11H21NO4S/c1-10-5-7-12(8-6-10)17(15,16)9-3-2-4-11(13)14/h10H,2-9H2,1H3,(H,13,14). The number of unbranched alkanes of at least 4 members (excludes halogenated alkanes) is 1. The monoisotopic (exact) mass is 263 g/mol. The average Bonchev–Trinajstić information content (AvgIpc) is 2.25. The largest absolute Gasteiger partial charge is 0.481 e. The predicted molar refractivity (Wildman–Crippen MR) is 65.2 cm³/mol. The minimum atomic E-state index is -3.16. The third-order valence-electron chi connectivity index (χ3n) is 3.18. The van der Waals surface area contributed by atoms with Crippen molar-refractivity contribution in [3.63, 3.8) is 0 Å². The summed E-state index contributed by atoms with van der Waals surface area (Å²) in [5, 5.41) is 8.46. The Kier molecular flexibility index (Phi) is 5.39. The molecule has 0 aromatic heterocycles. The van der Waals surface area contributed by atoms with Crippen LogP contribution < -0.4 is 0 Å². The van der Waals surface area contributed by atoms with Crippen molar-refractivity contribution in [3.05, 3.63) is 0 Å². The SMILES string of the molecule is CC1CCN(S(=O)(=O)CCCCC(=O)O)CC1. The maximum absolute atomic E-state index is 11.9. The summed E-state index contributed by atoms with van der Waals surface area (Å²) in [6.07, 6.45) is 2.76. The summed E-state index contributed by atoms with van der Waals surface area (Å²) in [6, 6.07) is 0. The smallest absolute Gasteiger partial charge is 0.303 e. The first-order valence-electron chi connectivity index (χ1n) is 6.11. The van der Waals surface area contributed by atoms with Gasteiger partial charge in [0, 0.05) is 19.5 Å². The molecule has 1 fully saturated rings. The van der Waals surface area contributed by atoms with E-state index in [0.717, 1.165) is 12.8 Å². The molecule has 17 heavy (non-hydrogen) atoms. The minimum absolute atomic E-state index is 0.0482. The highest BCUT2D eigenvalue weighted by Crippen LogP contribution is 2.19. The fourth-order valence-corrected chi connectivity index (χ4v) is 3.55. The number of sulfonamides is 1. The van der Waals surface area contributed by atoms with Crippen LogP contribution in [-0.2, 0) is 14.8 Å². The average molecular weight is 263 g/mol. The molecule has 0 aliphatic carbocycles. The Hall–Kier alpha value is -0.620. The number of rotatable bonds is 6. The summed E-state index contributed by atoms with van der Waals surface area (Å²) in [6.45, 7) is 3.36. The maximum Gasteiger partial charge on any atom is 0.303 e. The Bertz CT molecular complexity index is 344. The van der Waals surface area contributed by atoms with E-state index in [0.29, 0.717) is 31.8 Å². The normalized spacial score (nSPS) is 19.4. The second kappa shape index (κ2) is 6.35. The molecule has 0 spiro atoms. The van der Waals surface area contributed by atoms with Gasteiger partial charge < -0.3 is 5.11 Å². The van der Waals surface area contributed by atoms with Gasteiger partial charge in [0.1, 0.15) is 0 Å². The van der Waals surface area contributed by atoms with Crippen molar-refractivity contribution in [2.24, 2.45) is 5.92 Å². The molecule has 0 saturated carbocycles. The van der Waals surface area contributed by atoms with Crippen LogP contribution in [0.25, 0.3) is 0 Å². The summed E-state index contributed by atoms with van der Waals surface area (Å²) in [7, 11) is -3.16. The van der Waals surface area contributed by atoms with Crippen LogP contribution in [-0.4, -0.2) is 42.6 Å². The molecule has 0 aromatic carbocycles.